The number of thiazole rings is 1. The van der Waals surface area contributed by atoms with E-state index in [0.717, 1.165) is 47.3 Å². The molecule has 0 radical (unpaired) electrons. The molecule has 1 aliphatic heterocycles. The number of nitrogens with zero attached hydrogens (tertiary/aromatic N) is 2. The molecule has 1 fully saturated rings. The minimum atomic E-state index is 0.256. The fourth-order valence-corrected chi connectivity index (χ4v) is 4.45. The fraction of sp³-hybridized carbons (Fsp3) is 0.550. The molecule has 1 saturated heterocycles. The van der Waals surface area contributed by atoms with E-state index in [1.807, 2.05) is 18.2 Å². The van der Waals surface area contributed by atoms with Crippen LogP contribution in [0.25, 0.3) is 10.6 Å². The third-order valence-corrected chi connectivity index (χ3v) is 5.94. The minimum Gasteiger partial charge on any atom is -0.497 e. The van der Waals surface area contributed by atoms with E-state index < -0.39 is 0 Å². The number of hydrogen-bond acceptors (Lipinski definition) is 6. The number of rotatable bonds is 7. The van der Waals surface area contributed by atoms with Crippen molar-refractivity contribution in [1.29, 1.82) is 0 Å². The van der Waals surface area contributed by atoms with Crippen molar-refractivity contribution in [2.45, 2.75) is 44.7 Å². The van der Waals surface area contributed by atoms with Crippen molar-refractivity contribution in [3.63, 3.8) is 0 Å². The Morgan fingerprint density at radius 1 is 1.23 bits per heavy atom. The van der Waals surface area contributed by atoms with Gasteiger partial charge in [-0.25, -0.2) is 4.98 Å². The zero-order valence-corrected chi connectivity index (χ0v) is 16.4. The van der Waals surface area contributed by atoms with E-state index in [9.17, 15) is 5.11 Å². The summed E-state index contributed by atoms with van der Waals surface area (Å²) in [6.45, 7) is 2.19. The Kier molecular flexibility index (Phi) is 6.88. The Labute approximate surface area is 159 Å². The largest absolute Gasteiger partial charge is 0.497 e. The molecule has 1 atom stereocenters. The van der Waals surface area contributed by atoms with Crippen LogP contribution in [0.15, 0.2) is 23.6 Å². The molecule has 3 rings (SSSR count). The highest BCUT2D eigenvalue weighted by atomic mass is 32.1. The van der Waals surface area contributed by atoms with Crippen LogP contribution in [-0.2, 0) is 6.54 Å². The highest BCUT2D eigenvalue weighted by Crippen LogP contribution is 2.35. The van der Waals surface area contributed by atoms with Crippen LogP contribution in [0.4, 0.5) is 0 Å². The first-order valence-corrected chi connectivity index (χ1v) is 10.1. The Morgan fingerprint density at radius 3 is 2.88 bits per heavy atom. The van der Waals surface area contributed by atoms with Gasteiger partial charge in [-0.1, -0.05) is 12.8 Å². The van der Waals surface area contributed by atoms with Crippen LogP contribution in [0.5, 0.6) is 11.5 Å². The summed E-state index contributed by atoms with van der Waals surface area (Å²) in [4.78, 5) is 7.35. The second-order valence-corrected chi connectivity index (χ2v) is 7.55. The second-order valence-electron chi connectivity index (χ2n) is 6.70. The number of likely N-dealkylation sites (tertiary alicyclic amines) is 1. The molecule has 2 aromatic rings. The molecule has 0 aliphatic carbocycles. The van der Waals surface area contributed by atoms with Crippen molar-refractivity contribution in [3.8, 4) is 22.1 Å². The van der Waals surface area contributed by atoms with Crippen molar-refractivity contribution in [2.75, 3.05) is 27.4 Å². The van der Waals surface area contributed by atoms with Gasteiger partial charge >= 0.3 is 0 Å². The maximum absolute atomic E-state index is 9.38. The highest BCUT2D eigenvalue weighted by Gasteiger charge is 2.22. The van der Waals surface area contributed by atoms with Gasteiger partial charge in [-0.2, -0.15) is 0 Å². The van der Waals surface area contributed by atoms with E-state index in [4.69, 9.17) is 14.5 Å². The van der Waals surface area contributed by atoms with Gasteiger partial charge in [0.25, 0.3) is 0 Å². The summed E-state index contributed by atoms with van der Waals surface area (Å²) in [6.07, 6.45) is 5.79. The molecular formula is C20H28N2O3S. The van der Waals surface area contributed by atoms with Crippen LogP contribution >= 0.6 is 11.3 Å². The van der Waals surface area contributed by atoms with Gasteiger partial charge in [0.05, 0.1) is 25.5 Å². The van der Waals surface area contributed by atoms with Crippen LogP contribution < -0.4 is 9.47 Å². The lowest BCUT2D eigenvalue weighted by molar-refractivity contribution is 0.150. The van der Waals surface area contributed by atoms with Crippen LogP contribution in [0, 0.1) is 0 Å². The standard InChI is InChI=1S/C20H28N2O3S/c1-24-17-7-8-18(19(12-17)25-2)20-21-15(14-26-20)13-22-10-5-3-4-6-16(22)9-11-23/h7-8,12,14,16,23H,3-6,9-11,13H2,1-2H3. The second kappa shape index (κ2) is 9.35. The van der Waals surface area contributed by atoms with Gasteiger partial charge in [-0.05, 0) is 37.9 Å². The highest BCUT2D eigenvalue weighted by molar-refractivity contribution is 7.13. The van der Waals surface area contributed by atoms with E-state index in [0.29, 0.717) is 6.04 Å². The predicted molar refractivity (Wildman–Crippen MR) is 105 cm³/mol. The first-order chi connectivity index (χ1) is 12.7. The van der Waals surface area contributed by atoms with Crippen LogP contribution in [0.1, 0.15) is 37.8 Å². The lowest BCUT2D eigenvalue weighted by Gasteiger charge is -2.28. The monoisotopic (exact) mass is 376 g/mol. The molecule has 142 valence electrons. The molecule has 1 aromatic carbocycles. The lowest BCUT2D eigenvalue weighted by atomic mass is 10.1. The van der Waals surface area contributed by atoms with E-state index >= 15 is 0 Å². The number of aliphatic hydroxyl groups is 1. The van der Waals surface area contributed by atoms with Crippen molar-refractivity contribution in [3.05, 3.63) is 29.3 Å². The zero-order valence-electron chi connectivity index (χ0n) is 15.6. The first-order valence-electron chi connectivity index (χ1n) is 9.27. The molecule has 1 aromatic heterocycles. The van der Waals surface area contributed by atoms with Gasteiger partial charge in [0.1, 0.15) is 16.5 Å². The van der Waals surface area contributed by atoms with Gasteiger partial charge in [-0.15, -0.1) is 11.3 Å². The van der Waals surface area contributed by atoms with Crippen molar-refractivity contribution in [1.82, 2.24) is 9.88 Å². The number of benzene rings is 1. The summed E-state index contributed by atoms with van der Waals surface area (Å²) in [7, 11) is 3.32. The Bertz CT molecular complexity index is 704. The summed E-state index contributed by atoms with van der Waals surface area (Å²) in [5.74, 6) is 1.55. The molecule has 1 aliphatic rings. The van der Waals surface area contributed by atoms with Gasteiger partial charge in [-0.3, -0.25) is 4.90 Å². The molecular weight excluding hydrogens is 348 g/mol. The van der Waals surface area contributed by atoms with Crippen LogP contribution in [0.3, 0.4) is 0 Å². The Morgan fingerprint density at radius 2 is 2.12 bits per heavy atom. The van der Waals surface area contributed by atoms with Crippen molar-refractivity contribution >= 4 is 11.3 Å². The quantitative estimate of drug-likeness (QED) is 0.793. The van der Waals surface area contributed by atoms with Crippen LogP contribution in [-0.4, -0.2) is 48.4 Å². The SMILES string of the molecule is COc1ccc(-c2nc(CN3CCCCCC3CCO)cs2)c(OC)c1. The molecule has 26 heavy (non-hydrogen) atoms. The topological polar surface area (TPSA) is 54.8 Å². The summed E-state index contributed by atoms with van der Waals surface area (Å²) < 4.78 is 10.8. The van der Waals surface area contributed by atoms with Crippen molar-refractivity contribution in [2.24, 2.45) is 0 Å². The Balaban J connectivity index is 1.77. The zero-order chi connectivity index (χ0) is 18.4. The third kappa shape index (κ3) is 4.55. The third-order valence-electron chi connectivity index (χ3n) is 5.02. The number of aromatic nitrogens is 1. The average Bonchev–Trinajstić information content (AvgIpc) is 3.02. The lowest BCUT2D eigenvalue weighted by Crippen LogP contribution is -2.35. The van der Waals surface area contributed by atoms with E-state index in [1.54, 1.807) is 25.6 Å². The maximum atomic E-state index is 9.38. The molecule has 1 N–H and O–H groups in total. The average molecular weight is 377 g/mol. The number of methoxy groups -OCH3 is 2. The normalized spacial score (nSPS) is 18.5. The summed E-state index contributed by atoms with van der Waals surface area (Å²) in [5.41, 5.74) is 2.08. The molecule has 0 spiro atoms. The predicted octanol–water partition coefficient (Wildman–Crippen LogP) is 3.95. The number of hydrogen-bond donors (Lipinski definition) is 1. The summed E-state index contributed by atoms with van der Waals surface area (Å²) in [5, 5.41) is 12.5. The Hall–Kier alpha value is -1.63. The fourth-order valence-electron chi connectivity index (χ4n) is 3.61. The minimum absolute atomic E-state index is 0.256. The molecule has 6 heteroatoms. The van der Waals surface area contributed by atoms with E-state index in [1.165, 1.54) is 25.7 Å². The number of aliphatic hydroxyl groups excluding tert-OH is 1. The van der Waals surface area contributed by atoms with Crippen molar-refractivity contribution < 1.29 is 14.6 Å². The van der Waals surface area contributed by atoms with E-state index in [-0.39, 0.29) is 6.61 Å². The van der Waals surface area contributed by atoms with Gasteiger partial charge in [0.2, 0.25) is 0 Å². The molecule has 0 saturated carbocycles. The molecule has 1 unspecified atom stereocenters. The smallest absolute Gasteiger partial charge is 0.132 e. The molecule has 5 nitrogen and oxygen atoms in total. The van der Waals surface area contributed by atoms with Gasteiger partial charge in [0.15, 0.2) is 0 Å². The van der Waals surface area contributed by atoms with E-state index in [2.05, 4.69) is 10.3 Å². The molecule has 0 bridgehead atoms. The van der Waals surface area contributed by atoms with Crippen LogP contribution in [0.2, 0.25) is 0 Å². The maximum Gasteiger partial charge on any atom is 0.132 e. The molecule has 2 heterocycles. The molecule has 0 amide bonds. The summed E-state index contributed by atoms with van der Waals surface area (Å²) >= 11 is 1.65. The first kappa shape index (κ1) is 19.1. The van der Waals surface area contributed by atoms with Gasteiger partial charge < -0.3 is 14.6 Å². The van der Waals surface area contributed by atoms with Gasteiger partial charge in [0, 0.05) is 30.6 Å². The summed E-state index contributed by atoms with van der Waals surface area (Å²) in [6, 6.07) is 6.29. The number of ether oxygens (including phenoxy) is 2.